The Bertz CT molecular complexity index is 774. The van der Waals surface area contributed by atoms with Crippen molar-refractivity contribution in [2.75, 3.05) is 36.9 Å². The van der Waals surface area contributed by atoms with Crippen molar-refractivity contribution >= 4 is 22.9 Å². The first-order valence-corrected chi connectivity index (χ1v) is 6.17. The summed E-state index contributed by atoms with van der Waals surface area (Å²) in [6.45, 7) is 2.18. The topological polar surface area (TPSA) is 119 Å². The van der Waals surface area contributed by atoms with Crippen molar-refractivity contribution in [2.24, 2.45) is 7.05 Å². The lowest BCUT2D eigenvalue weighted by Crippen LogP contribution is -2.41. The summed E-state index contributed by atoms with van der Waals surface area (Å²) in [6, 6.07) is 0. The van der Waals surface area contributed by atoms with Crippen molar-refractivity contribution in [3.8, 4) is 0 Å². The number of nitrogen functional groups attached to an aromatic ring is 1. The van der Waals surface area contributed by atoms with Crippen LogP contribution in [0.1, 0.15) is 0 Å². The normalized spacial score (nSPS) is 15.8. The van der Waals surface area contributed by atoms with E-state index < -0.39 is 5.56 Å². The van der Waals surface area contributed by atoms with Gasteiger partial charge in [0.05, 0.1) is 13.2 Å². The van der Waals surface area contributed by atoms with Crippen LogP contribution in [0.4, 0.5) is 11.8 Å². The molecular formula is C11H14N6O3. The number of nitrogens with zero attached hydrogens (tertiary/aromatic N) is 4. The molecule has 2 aromatic rings. The molecule has 106 valence electrons. The molecule has 0 bridgehead atoms. The summed E-state index contributed by atoms with van der Waals surface area (Å²) in [5.74, 6) is 0.193. The van der Waals surface area contributed by atoms with Crippen LogP contribution in [-0.4, -0.2) is 45.8 Å². The number of morpholine rings is 1. The van der Waals surface area contributed by atoms with Gasteiger partial charge in [0.1, 0.15) is 0 Å². The maximum absolute atomic E-state index is 12.3. The van der Waals surface area contributed by atoms with Crippen LogP contribution < -0.4 is 21.8 Å². The Hall–Kier alpha value is -2.42. The Morgan fingerprint density at radius 2 is 1.95 bits per heavy atom. The van der Waals surface area contributed by atoms with Gasteiger partial charge in [-0.3, -0.25) is 19.1 Å². The Kier molecular flexibility index (Phi) is 2.90. The van der Waals surface area contributed by atoms with Crippen molar-refractivity contribution in [2.45, 2.75) is 0 Å². The van der Waals surface area contributed by atoms with Gasteiger partial charge < -0.3 is 15.4 Å². The van der Waals surface area contributed by atoms with Gasteiger partial charge in [0.15, 0.2) is 17.0 Å². The Labute approximate surface area is 113 Å². The number of fused-ring (bicyclic) bond motifs is 1. The lowest BCUT2D eigenvalue weighted by molar-refractivity contribution is 0.122. The molecule has 2 aromatic heterocycles. The zero-order chi connectivity index (χ0) is 14.3. The van der Waals surface area contributed by atoms with Crippen LogP contribution in [0.3, 0.4) is 0 Å². The van der Waals surface area contributed by atoms with Crippen molar-refractivity contribution in [1.82, 2.24) is 19.5 Å². The summed E-state index contributed by atoms with van der Waals surface area (Å²) < 4.78 is 6.53. The molecule has 0 aliphatic carbocycles. The summed E-state index contributed by atoms with van der Waals surface area (Å²) >= 11 is 0. The molecule has 9 heteroatoms. The molecule has 0 spiro atoms. The number of rotatable bonds is 1. The van der Waals surface area contributed by atoms with Gasteiger partial charge in [0.25, 0.3) is 11.1 Å². The number of ether oxygens (including phenoxy) is 1. The largest absolute Gasteiger partial charge is 0.378 e. The number of nitrogens with one attached hydrogen (secondary N) is 1. The zero-order valence-electron chi connectivity index (χ0n) is 10.9. The molecule has 20 heavy (non-hydrogen) atoms. The Balaban J connectivity index is 2.27. The summed E-state index contributed by atoms with van der Waals surface area (Å²) in [6.07, 6.45) is 0. The smallest absolute Gasteiger partial charge is 0.294 e. The number of aryl methyl sites for hydroxylation is 1. The third-order valence-corrected chi connectivity index (χ3v) is 3.24. The van der Waals surface area contributed by atoms with E-state index in [9.17, 15) is 9.59 Å². The standard InChI is InChI=1S/C11H14N6O3/c1-16-7-6(9(18)15-11(12)14-7)13-8(10(16)19)17-2-4-20-5-3-17/h2-5H2,1H3,(H3,12,14,15,18). The number of H-pyrrole nitrogens is 1. The third kappa shape index (κ3) is 1.92. The van der Waals surface area contributed by atoms with Gasteiger partial charge in [-0.05, 0) is 0 Å². The third-order valence-electron chi connectivity index (χ3n) is 3.24. The highest BCUT2D eigenvalue weighted by atomic mass is 16.5. The molecule has 0 aromatic carbocycles. The first kappa shape index (κ1) is 12.6. The van der Waals surface area contributed by atoms with Crippen LogP contribution in [0.5, 0.6) is 0 Å². The number of aromatic amines is 1. The van der Waals surface area contributed by atoms with E-state index in [0.717, 1.165) is 0 Å². The lowest BCUT2D eigenvalue weighted by atomic mass is 10.4. The Morgan fingerprint density at radius 3 is 2.65 bits per heavy atom. The van der Waals surface area contributed by atoms with E-state index in [4.69, 9.17) is 10.5 Å². The number of hydrogen-bond donors (Lipinski definition) is 2. The quantitative estimate of drug-likeness (QED) is 0.647. The summed E-state index contributed by atoms with van der Waals surface area (Å²) in [7, 11) is 1.54. The second-order valence-electron chi connectivity index (χ2n) is 4.52. The fourth-order valence-corrected chi connectivity index (χ4v) is 2.19. The fourth-order valence-electron chi connectivity index (χ4n) is 2.19. The minimum atomic E-state index is -0.461. The second kappa shape index (κ2) is 4.60. The van der Waals surface area contributed by atoms with Crippen molar-refractivity contribution in [3.63, 3.8) is 0 Å². The van der Waals surface area contributed by atoms with Gasteiger partial charge in [0, 0.05) is 20.1 Å². The van der Waals surface area contributed by atoms with Crippen molar-refractivity contribution in [1.29, 1.82) is 0 Å². The van der Waals surface area contributed by atoms with E-state index in [2.05, 4.69) is 15.0 Å². The van der Waals surface area contributed by atoms with E-state index >= 15 is 0 Å². The van der Waals surface area contributed by atoms with E-state index in [0.29, 0.717) is 26.3 Å². The first-order valence-electron chi connectivity index (χ1n) is 6.17. The van der Waals surface area contributed by atoms with E-state index in [1.807, 2.05) is 0 Å². The van der Waals surface area contributed by atoms with Crippen LogP contribution >= 0.6 is 0 Å². The molecular weight excluding hydrogens is 264 g/mol. The van der Waals surface area contributed by atoms with Crippen LogP contribution in [0.15, 0.2) is 9.59 Å². The van der Waals surface area contributed by atoms with Crippen LogP contribution in [0, 0.1) is 0 Å². The molecule has 1 fully saturated rings. The maximum Gasteiger partial charge on any atom is 0.294 e. The average molecular weight is 278 g/mol. The highest BCUT2D eigenvalue weighted by Gasteiger charge is 2.20. The van der Waals surface area contributed by atoms with E-state index in [1.54, 1.807) is 11.9 Å². The molecule has 0 saturated carbocycles. The zero-order valence-corrected chi connectivity index (χ0v) is 10.9. The predicted molar refractivity (Wildman–Crippen MR) is 72.8 cm³/mol. The summed E-state index contributed by atoms with van der Waals surface area (Å²) in [4.78, 5) is 36.6. The van der Waals surface area contributed by atoms with Gasteiger partial charge in [-0.15, -0.1) is 0 Å². The second-order valence-corrected chi connectivity index (χ2v) is 4.52. The van der Waals surface area contributed by atoms with Crippen LogP contribution in [0.25, 0.3) is 11.2 Å². The van der Waals surface area contributed by atoms with Gasteiger partial charge >= 0.3 is 0 Å². The van der Waals surface area contributed by atoms with E-state index in [1.165, 1.54) is 4.57 Å². The number of nitrogens with two attached hydrogens (primary N) is 1. The van der Waals surface area contributed by atoms with Crippen LogP contribution in [0.2, 0.25) is 0 Å². The molecule has 0 atom stereocenters. The summed E-state index contributed by atoms with van der Waals surface area (Å²) in [5, 5.41) is 0. The molecule has 3 N–H and O–H groups in total. The first-order chi connectivity index (χ1) is 9.58. The maximum atomic E-state index is 12.3. The molecule has 0 amide bonds. The predicted octanol–water partition coefficient (Wildman–Crippen LogP) is -1.56. The lowest BCUT2D eigenvalue weighted by Gasteiger charge is -2.27. The molecule has 1 saturated heterocycles. The molecule has 0 radical (unpaired) electrons. The minimum absolute atomic E-state index is 0.0431. The highest BCUT2D eigenvalue weighted by Crippen LogP contribution is 2.11. The van der Waals surface area contributed by atoms with Crippen molar-refractivity contribution < 1.29 is 4.74 Å². The molecule has 0 unspecified atom stereocenters. The molecule has 1 aliphatic rings. The highest BCUT2D eigenvalue weighted by molar-refractivity contribution is 5.72. The fraction of sp³-hybridized carbons (Fsp3) is 0.455. The number of aromatic nitrogens is 4. The molecule has 9 nitrogen and oxygen atoms in total. The summed E-state index contributed by atoms with van der Waals surface area (Å²) in [5.41, 5.74) is 4.99. The van der Waals surface area contributed by atoms with Crippen molar-refractivity contribution in [3.05, 3.63) is 20.7 Å². The molecule has 1 aliphatic heterocycles. The SMILES string of the molecule is Cn1c(=O)c(N2CCOCC2)nc2c(=O)[nH]c(N)nc21. The van der Waals surface area contributed by atoms with E-state index in [-0.39, 0.29) is 28.5 Å². The van der Waals surface area contributed by atoms with Gasteiger partial charge in [-0.1, -0.05) is 0 Å². The minimum Gasteiger partial charge on any atom is -0.378 e. The molecule has 3 rings (SSSR count). The molecule has 3 heterocycles. The number of hydrogen-bond acceptors (Lipinski definition) is 7. The van der Waals surface area contributed by atoms with Crippen LogP contribution in [-0.2, 0) is 11.8 Å². The average Bonchev–Trinajstić information content (AvgIpc) is 2.44. The number of anilines is 2. The Morgan fingerprint density at radius 1 is 1.25 bits per heavy atom. The monoisotopic (exact) mass is 278 g/mol. The van der Waals surface area contributed by atoms with Gasteiger partial charge in [0.2, 0.25) is 5.95 Å². The van der Waals surface area contributed by atoms with Gasteiger partial charge in [-0.2, -0.15) is 4.98 Å². The van der Waals surface area contributed by atoms with Gasteiger partial charge in [-0.25, -0.2) is 4.98 Å².